The largest absolute Gasteiger partial charge is 0.350 e. The molecule has 0 aromatic heterocycles. The monoisotopic (exact) mass is 234 g/mol. The van der Waals surface area contributed by atoms with Crippen LogP contribution in [-0.4, -0.2) is 12.5 Å². The van der Waals surface area contributed by atoms with Gasteiger partial charge < -0.3 is 11.1 Å². The van der Waals surface area contributed by atoms with Crippen LogP contribution in [0.5, 0.6) is 0 Å². The van der Waals surface area contributed by atoms with Crippen molar-refractivity contribution in [2.75, 3.05) is 6.54 Å². The van der Waals surface area contributed by atoms with E-state index in [2.05, 4.69) is 5.32 Å². The molecular weight excluding hydrogens is 212 g/mol. The molecule has 0 spiro atoms. The van der Waals surface area contributed by atoms with Crippen molar-refractivity contribution in [3.05, 3.63) is 35.9 Å². The molecular formula is C14H22N2O. The molecule has 1 amide bonds. The zero-order valence-corrected chi connectivity index (χ0v) is 10.5. The third kappa shape index (κ3) is 5.50. The Hall–Kier alpha value is -1.35. The van der Waals surface area contributed by atoms with Crippen LogP contribution < -0.4 is 11.1 Å². The van der Waals surface area contributed by atoms with E-state index in [1.54, 1.807) is 0 Å². The quantitative estimate of drug-likeness (QED) is 0.712. The van der Waals surface area contributed by atoms with Crippen molar-refractivity contribution in [1.29, 1.82) is 0 Å². The fourth-order valence-electron chi connectivity index (χ4n) is 1.75. The molecule has 3 N–H and O–H groups in total. The van der Waals surface area contributed by atoms with Gasteiger partial charge in [-0.2, -0.15) is 0 Å². The van der Waals surface area contributed by atoms with Crippen LogP contribution in [0.15, 0.2) is 30.3 Å². The second-order valence-electron chi connectivity index (χ2n) is 4.30. The highest BCUT2D eigenvalue weighted by Gasteiger charge is 2.08. The molecule has 94 valence electrons. The fourth-order valence-corrected chi connectivity index (χ4v) is 1.75. The normalized spacial score (nSPS) is 12.1. The number of hydrogen-bond acceptors (Lipinski definition) is 2. The number of nitrogens with one attached hydrogen (secondary N) is 1. The highest BCUT2D eigenvalue weighted by molar-refractivity contribution is 5.76. The molecule has 1 aromatic carbocycles. The van der Waals surface area contributed by atoms with E-state index in [-0.39, 0.29) is 11.9 Å². The minimum absolute atomic E-state index is 0.0817. The van der Waals surface area contributed by atoms with E-state index >= 15 is 0 Å². The number of nitrogens with two attached hydrogens (primary N) is 1. The minimum Gasteiger partial charge on any atom is -0.350 e. The van der Waals surface area contributed by atoms with E-state index in [9.17, 15) is 4.79 Å². The van der Waals surface area contributed by atoms with Gasteiger partial charge in [-0.3, -0.25) is 4.79 Å². The van der Waals surface area contributed by atoms with Crippen LogP contribution in [0.2, 0.25) is 0 Å². The maximum Gasteiger partial charge on any atom is 0.220 e. The predicted molar refractivity (Wildman–Crippen MR) is 70.5 cm³/mol. The summed E-state index contributed by atoms with van der Waals surface area (Å²) in [7, 11) is 0. The van der Waals surface area contributed by atoms with Gasteiger partial charge in [-0.1, -0.05) is 36.8 Å². The number of amides is 1. The Morgan fingerprint density at radius 2 is 1.94 bits per heavy atom. The molecule has 1 rings (SSSR count). The molecule has 3 nitrogen and oxygen atoms in total. The predicted octanol–water partition coefficient (Wildman–Crippen LogP) is 2.38. The second kappa shape index (κ2) is 7.85. The summed E-state index contributed by atoms with van der Waals surface area (Å²) in [6.45, 7) is 2.72. The molecule has 0 fully saturated rings. The summed E-state index contributed by atoms with van der Waals surface area (Å²) < 4.78 is 0. The van der Waals surface area contributed by atoms with Gasteiger partial charge in [0.1, 0.15) is 0 Å². The van der Waals surface area contributed by atoms with E-state index in [4.69, 9.17) is 5.73 Å². The first-order valence-corrected chi connectivity index (χ1v) is 6.28. The van der Waals surface area contributed by atoms with Crippen LogP contribution in [0, 0.1) is 0 Å². The SMILES string of the molecule is C[C@@H](NC(=O)CCCCCN)c1ccccc1. The second-order valence-corrected chi connectivity index (χ2v) is 4.30. The zero-order chi connectivity index (χ0) is 12.5. The molecule has 1 atom stereocenters. The minimum atomic E-state index is 0.0817. The van der Waals surface area contributed by atoms with Crippen molar-refractivity contribution in [2.24, 2.45) is 5.73 Å². The Balaban J connectivity index is 2.26. The topological polar surface area (TPSA) is 55.1 Å². The van der Waals surface area contributed by atoms with Gasteiger partial charge in [0.15, 0.2) is 0 Å². The van der Waals surface area contributed by atoms with E-state index in [1.165, 1.54) is 0 Å². The first kappa shape index (κ1) is 13.7. The highest BCUT2D eigenvalue weighted by Crippen LogP contribution is 2.11. The maximum atomic E-state index is 11.6. The van der Waals surface area contributed by atoms with E-state index in [0.29, 0.717) is 13.0 Å². The van der Waals surface area contributed by atoms with Crippen molar-refractivity contribution in [1.82, 2.24) is 5.32 Å². The summed E-state index contributed by atoms with van der Waals surface area (Å²) in [6, 6.07) is 10.1. The third-order valence-corrected chi connectivity index (χ3v) is 2.79. The number of benzene rings is 1. The van der Waals surface area contributed by atoms with Crippen LogP contribution >= 0.6 is 0 Å². The van der Waals surface area contributed by atoms with Crippen LogP contribution in [0.3, 0.4) is 0 Å². The molecule has 0 radical (unpaired) electrons. The van der Waals surface area contributed by atoms with Gasteiger partial charge in [0, 0.05) is 6.42 Å². The molecule has 0 aliphatic carbocycles. The van der Waals surface area contributed by atoms with Crippen LogP contribution in [0.1, 0.15) is 44.2 Å². The lowest BCUT2D eigenvalue weighted by Gasteiger charge is -2.14. The molecule has 0 aliphatic rings. The average molecular weight is 234 g/mol. The summed E-state index contributed by atoms with van der Waals surface area (Å²) in [4.78, 5) is 11.6. The molecule has 0 saturated heterocycles. The van der Waals surface area contributed by atoms with E-state index < -0.39 is 0 Å². The number of hydrogen-bond donors (Lipinski definition) is 2. The Kier molecular flexibility index (Phi) is 6.33. The van der Waals surface area contributed by atoms with E-state index in [1.807, 2.05) is 37.3 Å². The molecule has 0 bridgehead atoms. The van der Waals surface area contributed by atoms with Gasteiger partial charge in [-0.25, -0.2) is 0 Å². The molecule has 0 unspecified atom stereocenters. The molecule has 1 aromatic rings. The number of carbonyl (C=O) groups is 1. The maximum absolute atomic E-state index is 11.6. The number of carbonyl (C=O) groups excluding carboxylic acids is 1. The zero-order valence-electron chi connectivity index (χ0n) is 10.5. The Labute approximate surface area is 103 Å². The Bertz CT molecular complexity index is 324. The Morgan fingerprint density at radius 1 is 1.24 bits per heavy atom. The number of rotatable bonds is 7. The molecule has 0 saturated carbocycles. The van der Waals surface area contributed by atoms with Gasteiger partial charge in [-0.15, -0.1) is 0 Å². The standard InChI is InChI=1S/C14H22N2O/c1-12(13-8-4-2-5-9-13)16-14(17)10-6-3-7-11-15/h2,4-5,8-9,12H,3,6-7,10-11,15H2,1H3,(H,16,17)/t12-/m1/s1. The lowest BCUT2D eigenvalue weighted by molar-refractivity contribution is -0.121. The molecule has 3 heteroatoms. The Morgan fingerprint density at radius 3 is 2.59 bits per heavy atom. The van der Waals surface area contributed by atoms with Crippen molar-refractivity contribution < 1.29 is 4.79 Å². The van der Waals surface area contributed by atoms with Crippen molar-refractivity contribution in [2.45, 2.75) is 38.6 Å². The smallest absolute Gasteiger partial charge is 0.220 e. The van der Waals surface area contributed by atoms with Gasteiger partial charge >= 0.3 is 0 Å². The summed E-state index contributed by atoms with van der Waals surface area (Å²) >= 11 is 0. The average Bonchev–Trinajstić information content (AvgIpc) is 2.36. The van der Waals surface area contributed by atoms with Gasteiger partial charge in [0.05, 0.1) is 6.04 Å². The van der Waals surface area contributed by atoms with Crippen molar-refractivity contribution in [3.8, 4) is 0 Å². The molecule has 0 heterocycles. The van der Waals surface area contributed by atoms with E-state index in [0.717, 1.165) is 24.8 Å². The molecule has 17 heavy (non-hydrogen) atoms. The summed E-state index contributed by atoms with van der Waals surface area (Å²) in [5.74, 6) is 0.123. The van der Waals surface area contributed by atoms with Gasteiger partial charge in [0.2, 0.25) is 5.91 Å². The van der Waals surface area contributed by atoms with Crippen LogP contribution in [-0.2, 0) is 4.79 Å². The summed E-state index contributed by atoms with van der Waals surface area (Å²) in [5, 5.41) is 3.00. The third-order valence-electron chi connectivity index (χ3n) is 2.79. The first-order valence-electron chi connectivity index (χ1n) is 6.28. The van der Waals surface area contributed by atoms with Crippen molar-refractivity contribution in [3.63, 3.8) is 0 Å². The van der Waals surface area contributed by atoms with Crippen molar-refractivity contribution >= 4 is 5.91 Å². The fraction of sp³-hybridized carbons (Fsp3) is 0.500. The van der Waals surface area contributed by atoms with Gasteiger partial charge in [0.25, 0.3) is 0 Å². The van der Waals surface area contributed by atoms with Crippen LogP contribution in [0.25, 0.3) is 0 Å². The lowest BCUT2D eigenvalue weighted by atomic mass is 10.1. The highest BCUT2D eigenvalue weighted by atomic mass is 16.1. The molecule has 0 aliphatic heterocycles. The van der Waals surface area contributed by atoms with Gasteiger partial charge in [-0.05, 0) is 31.9 Å². The summed E-state index contributed by atoms with van der Waals surface area (Å²) in [5.41, 5.74) is 6.54. The summed E-state index contributed by atoms with van der Waals surface area (Å²) in [6.07, 6.45) is 3.55. The first-order chi connectivity index (χ1) is 8.24. The number of unbranched alkanes of at least 4 members (excludes halogenated alkanes) is 2. The lowest BCUT2D eigenvalue weighted by Crippen LogP contribution is -2.26. The van der Waals surface area contributed by atoms with Crippen LogP contribution in [0.4, 0.5) is 0 Å².